The molecular weight excluding hydrogens is 372 g/mol. The van der Waals surface area contributed by atoms with Crippen molar-refractivity contribution in [1.82, 2.24) is 15.5 Å². The Morgan fingerprint density at radius 1 is 1.28 bits per heavy atom. The summed E-state index contributed by atoms with van der Waals surface area (Å²) in [6.07, 6.45) is 4.27. The van der Waals surface area contributed by atoms with E-state index in [1.165, 1.54) is 0 Å². The van der Waals surface area contributed by atoms with Crippen LogP contribution in [0.2, 0.25) is 0 Å². The number of rotatable bonds is 7. The Morgan fingerprint density at radius 2 is 2.00 bits per heavy atom. The number of aromatic nitrogens is 2. The van der Waals surface area contributed by atoms with Gasteiger partial charge >= 0.3 is 0 Å². The van der Waals surface area contributed by atoms with Crippen LogP contribution >= 0.6 is 0 Å². The lowest BCUT2D eigenvalue weighted by atomic mass is 10.00. The molecule has 0 spiro atoms. The average molecular weight is 396 g/mol. The number of amides is 1. The van der Waals surface area contributed by atoms with Gasteiger partial charge in [-0.15, -0.1) is 0 Å². The van der Waals surface area contributed by atoms with Crippen molar-refractivity contribution in [1.29, 1.82) is 0 Å². The molecule has 29 heavy (non-hydrogen) atoms. The van der Waals surface area contributed by atoms with Crippen LogP contribution in [-0.4, -0.2) is 41.3 Å². The number of H-pyrrole nitrogens is 1. The molecule has 1 aromatic heterocycles. The van der Waals surface area contributed by atoms with E-state index >= 15 is 0 Å². The third kappa shape index (κ3) is 6.18. The van der Waals surface area contributed by atoms with Gasteiger partial charge in [-0.2, -0.15) is 5.10 Å². The van der Waals surface area contributed by atoms with Gasteiger partial charge in [-0.1, -0.05) is 30.3 Å². The van der Waals surface area contributed by atoms with Gasteiger partial charge in [0.1, 0.15) is 5.75 Å². The fourth-order valence-corrected chi connectivity index (χ4v) is 2.81. The van der Waals surface area contributed by atoms with Gasteiger partial charge in [-0.05, 0) is 42.3 Å². The van der Waals surface area contributed by atoms with Crippen LogP contribution in [0, 0.1) is 0 Å². The van der Waals surface area contributed by atoms with Crippen LogP contribution in [-0.2, 0) is 4.79 Å². The van der Waals surface area contributed by atoms with E-state index in [4.69, 9.17) is 20.4 Å². The van der Waals surface area contributed by atoms with E-state index in [0.717, 1.165) is 16.7 Å². The Balaban J connectivity index is 0.000000941. The second-order valence-corrected chi connectivity index (χ2v) is 6.05. The summed E-state index contributed by atoms with van der Waals surface area (Å²) in [6.45, 7) is 0.229. The molecule has 8 nitrogen and oxygen atoms in total. The molecule has 3 aromatic rings. The zero-order valence-electron chi connectivity index (χ0n) is 16.0. The fourth-order valence-electron chi connectivity index (χ4n) is 2.81. The number of carboxylic acid groups (broad SMARTS) is 1. The molecule has 5 N–H and O–H groups in total. The number of nitrogens with zero attached hydrogens (tertiary/aromatic N) is 1. The molecule has 1 heterocycles. The van der Waals surface area contributed by atoms with E-state index in [0.29, 0.717) is 24.3 Å². The number of nitrogens with two attached hydrogens (primary N) is 1. The number of methoxy groups -OCH3 is 1. The summed E-state index contributed by atoms with van der Waals surface area (Å²) < 4.78 is 5.18. The van der Waals surface area contributed by atoms with E-state index in [1.54, 1.807) is 31.5 Å². The van der Waals surface area contributed by atoms with Gasteiger partial charge in [0.05, 0.1) is 19.3 Å². The Morgan fingerprint density at radius 3 is 2.59 bits per heavy atom. The minimum atomic E-state index is -0.250. The van der Waals surface area contributed by atoms with Crippen molar-refractivity contribution >= 4 is 12.4 Å². The minimum absolute atomic E-state index is 0.152. The molecule has 8 heteroatoms. The maximum Gasteiger partial charge on any atom is 0.290 e. The van der Waals surface area contributed by atoms with Crippen LogP contribution in [0.1, 0.15) is 28.4 Å². The standard InChI is InChI=1S/C20H22N4O2.CH2O2/c1-26-18-4-2-3-16(11-18)20(25)24-19(9-10-21)15-7-5-14(6-8-15)17-12-22-23-13-17;2-1-3/h2-8,11-13,19H,9-10,21H2,1H3,(H,22,23)(H,24,25);1H,(H,2,3). The Kier molecular flexibility index (Phi) is 8.40. The van der Waals surface area contributed by atoms with E-state index in [1.807, 2.05) is 36.5 Å². The number of hydrogen-bond donors (Lipinski definition) is 4. The topological polar surface area (TPSA) is 130 Å². The smallest absolute Gasteiger partial charge is 0.290 e. The van der Waals surface area contributed by atoms with Crippen LogP contribution in [0.4, 0.5) is 0 Å². The lowest BCUT2D eigenvalue weighted by Gasteiger charge is -2.19. The Labute approximate surface area is 168 Å². The quantitative estimate of drug-likeness (QED) is 0.454. The Bertz CT molecular complexity index is 895. The molecule has 0 saturated heterocycles. The summed E-state index contributed by atoms with van der Waals surface area (Å²) in [4.78, 5) is 21.0. The maximum atomic E-state index is 12.6. The molecule has 3 rings (SSSR count). The summed E-state index contributed by atoms with van der Waals surface area (Å²) in [6, 6.07) is 15.0. The summed E-state index contributed by atoms with van der Waals surface area (Å²) in [5, 5.41) is 16.7. The van der Waals surface area contributed by atoms with Gasteiger partial charge in [0.2, 0.25) is 0 Å². The highest BCUT2D eigenvalue weighted by Gasteiger charge is 2.16. The van der Waals surface area contributed by atoms with Crippen LogP contribution in [0.5, 0.6) is 5.75 Å². The first-order valence-electron chi connectivity index (χ1n) is 8.94. The summed E-state index contributed by atoms with van der Waals surface area (Å²) in [7, 11) is 1.58. The van der Waals surface area contributed by atoms with E-state index in [9.17, 15) is 4.79 Å². The number of carbonyl (C=O) groups is 2. The molecule has 0 aliphatic rings. The molecule has 2 aromatic carbocycles. The molecule has 0 fully saturated rings. The normalized spacial score (nSPS) is 11.0. The third-order valence-electron chi connectivity index (χ3n) is 4.24. The molecule has 0 aliphatic carbocycles. The fraction of sp³-hybridized carbons (Fsp3) is 0.190. The molecule has 1 unspecified atom stereocenters. The van der Waals surface area contributed by atoms with Gasteiger partial charge in [-0.3, -0.25) is 14.7 Å². The van der Waals surface area contributed by atoms with Gasteiger partial charge in [-0.25, -0.2) is 0 Å². The van der Waals surface area contributed by atoms with Gasteiger partial charge in [0.25, 0.3) is 12.4 Å². The number of ether oxygens (including phenoxy) is 1. The highest BCUT2D eigenvalue weighted by Crippen LogP contribution is 2.23. The summed E-state index contributed by atoms with van der Waals surface area (Å²) >= 11 is 0. The number of carbonyl (C=O) groups excluding carboxylic acids is 1. The van der Waals surface area contributed by atoms with Crippen molar-refractivity contribution < 1.29 is 19.4 Å². The maximum absolute atomic E-state index is 12.6. The zero-order chi connectivity index (χ0) is 21.1. The van der Waals surface area contributed by atoms with Crippen LogP contribution in [0.25, 0.3) is 11.1 Å². The minimum Gasteiger partial charge on any atom is -0.497 e. The molecule has 0 aliphatic heterocycles. The summed E-state index contributed by atoms with van der Waals surface area (Å²) in [5.41, 5.74) is 9.40. The first-order valence-corrected chi connectivity index (χ1v) is 8.94. The number of hydrogen-bond acceptors (Lipinski definition) is 5. The third-order valence-corrected chi connectivity index (χ3v) is 4.24. The van der Waals surface area contributed by atoms with Gasteiger partial charge < -0.3 is 20.9 Å². The number of aromatic amines is 1. The molecule has 0 saturated carbocycles. The highest BCUT2D eigenvalue weighted by molar-refractivity contribution is 5.94. The second-order valence-electron chi connectivity index (χ2n) is 6.05. The van der Waals surface area contributed by atoms with Crippen molar-refractivity contribution in [2.75, 3.05) is 13.7 Å². The lowest BCUT2D eigenvalue weighted by Crippen LogP contribution is -2.30. The van der Waals surface area contributed by atoms with E-state index in [2.05, 4.69) is 15.5 Å². The van der Waals surface area contributed by atoms with Gasteiger partial charge in [0, 0.05) is 17.3 Å². The van der Waals surface area contributed by atoms with Crippen LogP contribution in [0.15, 0.2) is 60.9 Å². The molecule has 1 atom stereocenters. The predicted octanol–water partition coefficient (Wildman–Crippen LogP) is 2.61. The highest BCUT2D eigenvalue weighted by atomic mass is 16.5. The number of benzene rings is 2. The number of nitrogens with one attached hydrogen (secondary N) is 2. The van der Waals surface area contributed by atoms with Gasteiger partial charge in [0.15, 0.2) is 0 Å². The largest absolute Gasteiger partial charge is 0.497 e. The van der Waals surface area contributed by atoms with E-state index in [-0.39, 0.29) is 18.4 Å². The second kappa shape index (κ2) is 11.3. The lowest BCUT2D eigenvalue weighted by molar-refractivity contribution is -0.122. The average Bonchev–Trinajstić information content (AvgIpc) is 3.29. The van der Waals surface area contributed by atoms with Crippen molar-refractivity contribution in [3.63, 3.8) is 0 Å². The van der Waals surface area contributed by atoms with Crippen LogP contribution in [0.3, 0.4) is 0 Å². The molecule has 0 bridgehead atoms. The predicted molar refractivity (Wildman–Crippen MR) is 110 cm³/mol. The van der Waals surface area contributed by atoms with Crippen LogP contribution < -0.4 is 15.8 Å². The van der Waals surface area contributed by atoms with Crippen molar-refractivity contribution in [2.45, 2.75) is 12.5 Å². The molecular formula is C21H24N4O4. The summed E-state index contributed by atoms with van der Waals surface area (Å²) in [5.74, 6) is 0.499. The van der Waals surface area contributed by atoms with Crippen molar-refractivity contribution in [2.24, 2.45) is 5.73 Å². The Hall–Kier alpha value is -3.65. The van der Waals surface area contributed by atoms with Crippen molar-refractivity contribution in [3.05, 3.63) is 72.1 Å². The molecule has 0 radical (unpaired) electrons. The SMILES string of the molecule is COc1cccc(C(=O)NC(CCN)c2ccc(-c3cn[nH]c3)cc2)c1.O=CO. The first kappa shape index (κ1) is 21.6. The van der Waals surface area contributed by atoms with E-state index < -0.39 is 0 Å². The monoisotopic (exact) mass is 396 g/mol. The first-order chi connectivity index (χ1) is 14.1. The molecule has 1 amide bonds. The van der Waals surface area contributed by atoms with Crippen molar-refractivity contribution in [3.8, 4) is 16.9 Å². The zero-order valence-corrected chi connectivity index (χ0v) is 16.0. The molecule has 152 valence electrons.